The summed E-state index contributed by atoms with van der Waals surface area (Å²) in [7, 11) is 3.33. The van der Waals surface area contributed by atoms with Crippen LogP contribution in [0.2, 0.25) is 0 Å². The summed E-state index contributed by atoms with van der Waals surface area (Å²) in [6.07, 6.45) is 1.75. The number of methoxy groups -OCH3 is 2. The molecule has 0 aliphatic carbocycles. The summed E-state index contributed by atoms with van der Waals surface area (Å²) in [6.45, 7) is 1.72. The summed E-state index contributed by atoms with van der Waals surface area (Å²) in [5.74, 6) is 2.33. The topological polar surface area (TPSA) is 73.5 Å². The van der Waals surface area contributed by atoms with Crippen LogP contribution in [0.15, 0.2) is 60.8 Å². The molecule has 0 aliphatic heterocycles. The summed E-state index contributed by atoms with van der Waals surface area (Å²) < 4.78 is 10.5. The van der Waals surface area contributed by atoms with E-state index in [-0.39, 0.29) is 0 Å². The van der Waals surface area contributed by atoms with Crippen LogP contribution in [0.3, 0.4) is 0 Å². The van der Waals surface area contributed by atoms with Gasteiger partial charge in [0.05, 0.1) is 19.9 Å². The van der Waals surface area contributed by atoms with Gasteiger partial charge in [0.15, 0.2) is 0 Å². The minimum absolute atomic E-state index is 0.383. The van der Waals surface area contributed by atoms with Crippen LogP contribution in [0.1, 0.15) is 16.8 Å². The van der Waals surface area contributed by atoms with Gasteiger partial charge in [0, 0.05) is 25.8 Å². The Morgan fingerprint density at radius 1 is 0.815 bits per heavy atom. The second-order valence-corrected chi connectivity index (χ2v) is 6.10. The Morgan fingerprint density at radius 2 is 1.33 bits per heavy atom. The zero-order valence-electron chi connectivity index (χ0n) is 15.6. The molecule has 0 aliphatic rings. The summed E-state index contributed by atoms with van der Waals surface area (Å²) >= 11 is 0. The van der Waals surface area contributed by atoms with E-state index in [0.29, 0.717) is 25.6 Å². The first-order valence-corrected chi connectivity index (χ1v) is 8.74. The minimum Gasteiger partial charge on any atom is -0.497 e. The molecule has 3 rings (SSSR count). The minimum atomic E-state index is 0.383. The van der Waals surface area contributed by atoms with Crippen LogP contribution in [0.25, 0.3) is 0 Å². The Balaban J connectivity index is 1.86. The van der Waals surface area contributed by atoms with Crippen molar-refractivity contribution in [3.63, 3.8) is 0 Å². The monoisotopic (exact) mass is 364 g/mol. The van der Waals surface area contributed by atoms with Crippen molar-refractivity contribution in [1.82, 2.24) is 9.97 Å². The van der Waals surface area contributed by atoms with Crippen LogP contribution in [0.5, 0.6) is 11.5 Å². The van der Waals surface area contributed by atoms with Crippen molar-refractivity contribution in [2.45, 2.75) is 19.6 Å². The fraction of sp³-hybridized carbons (Fsp3) is 0.238. The predicted octanol–water partition coefficient (Wildman–Crippen LogP) is 3.16. The average molecular weight is 364 g/mol. The molecule has 0 saturated heterocycles. The van der Waals surface area contributed by atoms with Crippen LogP contribution in [0.4, 0.5) is 5.95 Å². The van der Waals surface area contributed by atoms with Gasteiger partial charge in [0.25, 0.3) is 0 Å². The molecule has 1 heterocycles. The first kappa shape index (κ1) is 18.7. The smallest absolute Gasteiger partial charge is 0.226 e. The zero-order valence-corrected chi connectivity index (χ0v) is 15.6. The van der Waals surface area contributed by atoms with Crippen molar-refractivity contribution in [3.8, 4) is 11.5 Å². The summed E-state index contributed by atoms with van der Waals surface area (Å²) in [6, 6.07) is 17.9. The number of aromatic nitrogens is 2. The molecule has 2 aromatic carbocycles. The molecule has 27 heavy (non-hydrogen) atoms. The van der Waals surface area contributed by atoms with Crippen LogP contribution in [-0.4, -0.2) is 24.2 Å². The van der Waals surface area contributed by atoms with Gasteiger partial charge in [-0.2, -0.15) is 0 Å². The molecule has 6 heteroatoms. The summed E-state index contributed by atoms with van der Waals surface area (Å²) in [5, 5.41) is 0. The number of hydrogen-bond acceptors (Lipinski definition) is 6. The Hall–Kier alpha value is -3.12. The number of anilines is 1. The Morgan fingerprint density at radius 3 is 1.78 bits per heavy atom. The molecule has 0 radical (unpaired) electrons. The molecule has 140 valence electrons. The average Bonchev–Trinajstić information content (AvgIpc) is 2.74. The van der Waals surface area contributed by atoms with Gasteiger partial charge in [0.1, 0.15) is 11.5 Å². The standard InChI is InChI=1S/C21H24N4O2/c1-26-19-7-3-16(4-8-19)14-25(21-23-12-11-18(13-22)24-21)15-17-5-9-20(27-2)10-6-17/h3-12H,13-15,22H2,1-2H3. The van der Waals surface area contributed by atoms with Crippen LogP contribution >= 0.6 is 0 Å². The largest absolute Gasteiger partial charge is 0.497 e. The Labute approximate surface area is 159 Å². The van der Waals surface area contributed by atoms with Crippen molar-refractivity contribution in [2.75, 3.05) is 19.1 Å². The van der Waals surface area contributed by atoms with Crippen LogP contribution in [0, 0.1) is 0 Å². The molecule has 0 amide bonds. The second kappa shape index (κ2) is 9.00. The van der Waals surface area contributed by atoms with Crippen molar-refractivity contribution >= 4 is 5.95 Å². The summed E-state index contributed by atoms with van der Waals surface area (Å²) in [5.41, 5.74) is 8.85. The van der Waals surface area contributed by atoms with Gasteiger partial charge in [-0.15, -0.1) is 0 Å². The Bertz CT molecular complexity index is 801. The van der Waals surface area contributed by atoms with Gasteiger partial charge in [-0.3, -0.25) is 0 Å². The molecule has 2 N–H and O–H groups in total. The van der Waals surface area contributed by atoms with Gasteiger partial charge in [-0.05, 0) is 41.5 Å². The lowest BCUT2D eigenvalue weighted by Crippen LogP contribution is -2.24. The van der Waals surface area contributed by atoms with E-state index in [0.717, 1.165) is 28.3 Å². The maximum Gasteiger partial charge on any atom is 0.226 e. The molecule has 1 aromatic heterocycles. The number of benzene rings is 2. The molecule has 0 atom stereocenters. The van der Waals surface area contributed by atoms with Crippen LogP contribution in [-0.2, 0) is 19.6 Å². The maximum absolute atomic E-state index is 5.75. The number of nitrogens with zero attached hydrogens (tertiary/aromatic N) is 3. The third kappa shape index (κ3) is 4.95. The lowest BCUT2D eigenvalue weighted by atomic mass is 10.1. The Kier molecular flexibility index (Phi) is 6.22. The first-order chi connectivity index (χ1) is 13.2. The van der Waals surface area contributed by atoms with E-state index in [1.165, 1.54) is 0 Å². The van der Waals surface area contributed by atoms with E-state index in [9.17, 15) is 0 Å². The van der Waals surface area contributed by atoms with E-state index >= 15 is 0 Å². The third-order valence-corrected chi connectivity index (χ3v) is 4.26. The molecular formula is C21H24N4O2. The second-order valence-electron chi connectivity index (χ2n) is 6.10. The number of nitrogens with two attached hydrogens (primary N) is 1. The number of hydrogen-bond donors (Lipinski definition) is 1. The molecular weight excluding hydrogens is 340 g/mol. The van der Waals surface area contributed by atoms with Crippen molar-refractivity contribution in [2.24, 2.45) is 5.73 Å². The summed E-state index contributed by atoms with van der Waals surface area (Å²) in [4.78, 5) is 11.2. The van der Waals surface area contributed by atoms with Crippen molar-refractivity contribution < 1.29 is 9.47 Å². The fourth-order valence-corrected chi connectivity index (χ4v) is 2.75. The molecule has 6 nitrogen and oxygen atoms in total. The maximum atomic E-state index is 5.75. The van der Waals surface area contributed by atoms with Crippen molar-refractivity contribution in [3.05, 3.63) is 77.6 Å². The zero-order chi connectivity index (χ0) is 19.1. The van der Waals surface area contributed by atoms with Gasteiger partial charge in [-0.25, -0.2) is 9.97 Å². The van der Waals surface area contributed by atoms with E-state index < -0.39 is 0 Å². The highest BCUT2D eigenvalue weighted by molar-refractivity contribution is 5.37. The quantitative estimate of drug-likeness (QED) is 0.662. The molecule has 0 saturated carbocycles. The van der Waals surface area contributed by atoms with Crippen molar-refractivity contribution in [1.29, 1.82) is 0 Å². The third-order valence-electron chi connectivity index (χ3n) is 4.26. The van der Waals surface area contributed by atoms with Gasteiger partial charge in [-0.1, -0.05) is 24.3 Å². The van der Waals surface area contributed by atoms with E-state index in [1.807, 2.05) is 54.6 Å². The number of ether oxygens (including phenoxy) is 2. The SMILES string of the molecule is COc1ccc(CN(Cc2ccc(OC)cc2)c2nccc(CN)n2)cc1. The van der Waals surface area contributed by atoms with E-state index in [1.54, 1.807) is 20.4 Å². The van der Waals surface area contributed by atoms with Gasteiger partial charge >= 0.3 is 0 Å². The lowest BCUT2D eigenvalue weighted by Gasteiger charge is -2.23. The van der Waals surface area contributed by atoms with Crippen LogP contribution < -0.4 is 20.1 Å². The first-order valence-electron chi connectivity index (χ1n) is 8.74. The highest BCUT2D eigenvalue weighted by Crippen LogP contribution is 2.20. The molecule has 0 bridgehead atoms. The highest BCUT2D eigenvalue weighted by atomic mass is 16.5. The normalized spacial score (nSPS) is 10.5. The van der Waals surface area contributed by atoms with E-state index in [2.05, 4.69) is 14.9 Å². The molecule has 0 spiro atoms. The predicted molar refractivity (Wildman–Crippen MR) is 106 cm³/mol. The lowest BCUT2D eigenvalue weighted by molar-refractivity contribution is 0.414. The number of rotatable bonds is 8. The molecule has 0 unspecified atom stereocenters. The molecule has 0 fully saturated rings. The van der Waals surface area contributed by atoms with Gasteiger partial charge in [0.2, 0.25) is 5.95 Å². The molecule has 3 aromatic rings. The highest BCUT2D eigenvalue weighted by Gasteiger charge is 2.12. The van der Waals surface area contributed by atoms with E-state index in [4.69, 9.17) is 15.2 Å². The van der Waals surface area contributed by atoms with Gasteiger partial charge < -0.3 is 20.1 Å². The fourth-order valence-electron chi connectivity index (χ4n) is 2.75.